The Hall–Kier alpha value is -0.120. The Morgan fingerprint density at radius 1 is 1.26 bits per heavy atom. The van der Waals surface area contributed by atoms with Crippen LogP contribution in [0.5, 0.6) is 0 Å². The highest BCUT2D eigenvalue weighted by Gasteiger charge is 2.41. The van der Waals surface area contributed by atoms with Crippen molar-refractivity contribution in [3.8, 4) is 0 Å². The Kier molecular flexibility index (Phi) is 4.91. The first-order chi connectivity index (χ1) is 8.92. The fourth-order valence-electron chi connectivity index (χ4n) is 4.14. The minimum Gasteiger partial charge on any atom is -0.393 e. The Morgan fingerprint density at radius 2 is 1.95 bits per heavy atom. The largest absolute Gasteiger partial charge is 0.393 e. The van der Waals surface area contributed by atoms with Crippen molar-refractivity contribution in [2.24, 2.45) is 17.3 Å². The van der Waals surface area contributed by atoms with Crippen LogP contribution in [0.25, 0.3) is 0 Å². The third-order valence-electron chi connectivity index (χ3n) is 5.22. The van der Waals surface area contributed by atoms with E-state index >= 15 is 0 Å². The quantitative estimate of drug-likeness (QED) is 0.774. The van der Waals surface area contributed by atoms with E-state index in [1.54, 1.807) is 0 Å². The fraction of sp³-hybridized carbons (Fsp3) is 1.00. The average Bonchev–Trinajstić information content (AvgIpc) is 2.55. The van der Waals surface area contributed by atoms with Gasteiger partial charge in [0.1, 0.15) is 0 Å². The molecule has 0 saturated heterocycles. The standard InChI is InChI=1S/C16H32N2O/c1-5-17-15-13(6-7-16(15,2)3)11-18(4)10-12-8-14(19)9-12/h12-15,17,19H,5-11H2,1-4H3. The molecule has 0 radical (unpaired) electrons. The first-order valence-corrected chi connectivity index (χ1v) is 8.02. The Bertz CT molecular complexity index is 286. The summed E-state index contributed by atoms with van der Waals surface area (Å²) in [6.07, 6.45) is 4.69. The third kappa shape index (κ3) is 3.71. The minimum atomic E-state index is -0.0154. The first kappa shape index (κ1) is 15.3. The number of nitrogens with zero attached hydrogens (tertiary/aromatic N) is 1. The first-order valence-electron chi connectivity index (χ1n) is 8.02. The van der Waals surface area contributed by atoms with Gasteiger partial charge in [0.25, 0.3) is 0 Å². The summed E-state index contributed by atoms with van der Waals surface area (Å²) in [6, 6.07) is 0.659. The molecule has 112 valence electrons. The van der Waals surface area contributed by atoms with Gasteiger partial charge in [-0.15, -0.1) is 0 Å². The number of hydrogen-bond acceptors (Lipinski definition) is 3. The van der Waals surface area contributed by atoms with E-state index in [2.05, 4.69) is 38.0 Å². The molecule has 2 saturated carbocycles. The Labute approximate surface area is 118 Å². The van der Waals surface area contributed by atoms with Gasteiger partial charge in [0.05, 0.1) is 6.10 Å². The van der Waals surface area contributed by atoms with Crippen molar-refractivity contribution in [3.63, 3.8) is 0 Å². The van der Waals surface area contributed by atoms with Crippen molar-refractivity contribution in [1.29, 1.82) is 0 Å². The smallest absolute Gasteiger partial charge is 0.0546 e. The number of nitrogens with one attached hydrogen (secondary N) is 1. The van der Waals surface area contributed by atoms with Crippen LogP contribution in [0.2, 0.25) is 0 Å². The fourth-order valence-corrected chi connectivity index (χ4v) is 4.14. The summed E-state index contributed by atoms with van der Waals surface area (Å²) < 4.78 is 0. The molecular weight excluding hydrogens is 236 g/mol. The molecule has 0 spiro atoms. The normalized spacial score (nSPS) is 37.6. The lowest BCUT2D eigenvalue weighted by Crippen LogP contribution is -2.46. The lowest BCUT2D eigenvalue weighted by atomic mass is 9.81. The van der Waals surface area contributed by atoms with Crippen LogP contribution in [0.15, 0.2) is 0 Å². The van der Waals surface area contributed by atoms with Crippen LogP contribution >= 0.6 is 0 Å². The molecule has 3 heteroatoms. The summed E-state index contributed by atoms with van der Waals surface area (Å²) >= 11 is 0. The summed E-state index contributed by atoms with van der Waals surface area (Å²) in [7, 11) is 2.25. The molecule has 2 aliphatic carbocycles. The van der Waals surface area contributed by atoms with Crippen molar-refractivity contribution in [2.45, 2.75) is 58.6 Å². The summed E-state index contributed by atoms with van der Waals surface area (Å²) in [6.45, 7) is 10.5. The number of aliphatic hydroxyl groups is 1. The van der Waals surface area contributed by atoms with Crippen molar-refractivity contribution in [2.75, 3.05) is 26.7 Å². The maximum atomic E-state index is 9.37. The van der Waals surface area contributed by atoms with Gasteiger partial charge >= 0.3 is 0 Å². The molecule has 0 heterocycles. The van der Waals surface area contributed by atoms with E-state index in [0.29, 0.717) is 11.5 Å². The predicted molar refractivity (Wildman–Crippen MR) is 80.2 cm³/mol. The summed E-state index contributed by atoms with van der Waals surface area (Å²) in [5.41, 5.74) is 0.439. The molecule has 0 amide bonds. The van der Waals surface area contributed by atoms with Gasteiger partial charge < -0.3 is 15.3 Å². The molecule has 2 N–H and O–H groups in total. The van der Waals surface area contributed by atoms with Crippen molar-refractivity contribution >= 4 is 0 Å². The van der Waals surface area contributed by atoms with Gasteiger partial charge in [-0.2, -0.15) is 0 Å². The molecule has 19 heavy (non-hydrogen) atoms. The van der Waals surface area contributed by atoms with Crippen LogP contribution in [-0.2, 0) is 0 Å². The molecule has 0 aromatic heterocycles. The van der Waals surface area contributed by atoms with Crippen molar-refractivity contribution < 1.29 is 5.11 Å². The molecule has 3 nitrogen and oxygen atoms in total. The second kappa shape index (κ2) is 6.11. The molecule has 0 aromatic rings. The average molecular weight is 268 g/mol. The maximum Gasteiger partial charge on any atom is 0.0546 e. The zero-order valence-electron chi connectivity index (χ0n) is 13.2. The molecule has 2 unspecified atom stereocenters. The molecule has 0 bridgehead atoms. The molecule has 0 aliphatic heterocycles. The van der Waals surface area contributed by atoms with Gasteiger partial charge in [0.15, 0.2) is 0 Å². The van der Waals surface area contributed by atoms with Crippen LogP contribution in [0.3, 0.4) is 0 Å². The molecule has 2 aliphatic rings. The molecule has 2 atom stereocenters. The molecular formula is C16H32N2O. The van der Waals surface area contributed by atoms with E-state index in [9.17, 15) is 5.11 Å². The zero-order valence-corrected chi connectivity index (χ0v) is 13.2. The lowest BCUT2D eigenvalue weighted by molar-refractivity contribution is 0.0255. The van der Waals surface area contributed by atoms with E-state index in [1.807, 2.05) is 0 Å². The van der Waals surface area contributed by atoms with Crippen LogP contribution in [0, 0.1) is 17.3 Å². The SMILES string of the molecule is CCNC1C(CN(C)CC2CC(O)C2)CCC1(C)C. The summed E-state index contributed by atoms with van der Waals surface area (Å²) in [4.78, 5) is 2.49. The lowest BCUT2D eigenvalue weighted by Gasteiger charge is -2.37. The highest BCUT2D eigenvalue weighted by molar-refractivity contribution is 4.97. The van der Waals surface area contributed by atoms with Crippen molar-refractivity contribution in [1.82, 2.24) is 10.2 Å². The van der Waals surface area contributed by atoms with Gasteiger partial charge in [0.2, 0.25) is 0 Å². The third-order valence-corrected chi connectivity index (χ3v) is 5.22. The topological polar surface area (TPSA) is 35.5 Å². The van der Waals surface area contributed by atoms with Crippen LogP contribution in [-0.4, -0.2) is 48.8 Å². The van der Waals surface area contributed by atoms with E-state index < -0.39 is 0 Å². The highest BCUT2D eigenvalue weighted by Crippen LogP contribution is 2.41. The number of hydrogen-bond donors (Lipinski definition) is 2. The second-order valence-electron chi connectivity index (χ2n) is 7.54. The van der Waals surface area contributed by atoms with E-state index in [4.69, 9.17) is 0 Å². The Morgan fingerprint density at radius 3 is 2.53 bits per heavy atom. The molecule has 2 fully saturated rings. The molecule has 0 aromatic carbocycles. The van der Waals surface area contributed by atoms with Crippen LogP contribution in [0.1, 0.15) is 46.5 Å². The second-order valence-corrected chi connectivity index (χ2v) is 7.54. The van der Waals surface area contributed by atoms with Gasteiger partial charge in [-0.3, -0.25) is 0 Å². The number of rotatable bonds is 6. The van der Waals surface area contributed by atoms with Gasteiger partial charge in [0, 0.05) is 19.1 Å². The van der Waals surface area contributed by atoms with Gasteiger partial charge in [-0.1, -0.05) is 20.8 Å². The van der Waals surface area contributed by atoms with Crippen LogP contribution in [0.4, 0.5) is 0 Å². The highest BCUT2D eigenvalue weighted by atomic mass is 16.3. The predicted octanol–water partition coefficient (Wildman–Crippen LogP) is 2.10. The van der Waals surface area contributed by atoms with Crippen molar-refractivity contribution in [3.05, 3.63) is 0 Å². The summed E-state index contributed by atoms with van der Waals surface area (Å²) in [5, 5.41) is 13.1. The molecule has 2 rings (SSSR count). The Balaban J connectivity index is 1.80. The summed E-state index contributed by atoms with van der Waals surface area (Å²) in [5.74, 6) is 1.51. The van der Waals surface area contributed by atoms with E-state index in [1.165, 1.54) is 19.4 Å². The monoisotopic (exact) mass is 268 g/mol. The number of aliphatic hydroxyl groups excluding tert-OH is 1. The zero-order chi connectivity index (χ0) is 14.0. The maximum absolute atomic E-state index is 9.37. The van der Waals surface area contributed by atoms with E-state index in [0.717, 1.165) is 37.8 Å². The van der Waals surface area contributed by atoms with E-state index in [-0.39, 0.29) is 6.10 Å². The van der Waals surface area contributed by atoms with Gasteiger partial charge in [-0.25, -0.2) is 0 Å². The van der Waals surface area contributed by atoms with Crippen LogP contribution < -0.4 is 5.32 Å². The minimum absolute atomic E-state index is 0.0154. The van der Waals surface area contributed by atoms with Gasteiger partial charge in [-0.05, 0) is 56.5 Å².